The average molecular weight is 535 g/mol. The number of fused-ring (bicyclic) bond motifs is 1. The number of aromatic nitrogens is 7. The maximum atomic E-state index is 14.4. The first-order valence-corrected chi connectivity index (χ1v) is 11.0. The van der Waals surface area contributed by atoms with Crippen molar-refractivity contribution in [1.82, 2.24) is 34.3 Å². The van der Waals surface area contributed by atoms with E-state index in [-0.39, 0.29) is 57.0 Å². The van der Waals surface area contributed by atoms with Crippen LogP contribution in [0.3, 0.4) is 0 Å². The van der Waals surface area contributed by atoms with Gasteiger partial charge in [-0.3, -0.25) is 4.68 Å². The van der Waals surface area contributed by atoms with E-state index in [1.54, 1.807) is 12.1 Å². The van der Waals surface area contributed by atoms with Crippen LogP contribution in [0.25, 0.3) is 28.2 Å². The van der Waals surface area contributed by atoms with Crippen molar-refractivity contribution in [2.45, 2.75) is 19.5 Å². The molecule has 0 radical (unpaired) electrons. The van der Waals surface area contributed by atoms with Gasteiger partial charge in [0.15, 0.2) is 11.5 Å². The molecular weight excluding hydrogens is 519 g/mol. The van der Waals surface area contributed by atoms with E-state index in [1.807, 2.05) is 0 Å². The average Bonchev–Trinajstić information content (AvgIpc) is 3.37. The van der Waals surface area contributed by atoms with Crippen LogP contribution < -0.4 is 5.73 Å². The fourth-order valence-corrected chi connectivity index (χ4v) is 4.21. The van der Waals surface area contributed by atoms with E-state index in [4.69, 9.17) is 17.3 Å². The van der Waals surface area contributed by atoms with Crippen LogP contribution in [0, 0.1) is 18.6 Å². The summed E-state index contributed by atoms with van der Waals surface area (Å²) in [7, 11) is 1.39. The smallest absolute Gasteiger partial charge is 0.383 e. The number of aryl methyl sites for hydroxylation is 1. The first-order chi connectivity index (χ1) is 17.5. The zero-order chi connectivity index (χ0) is 26.6. The Balaban J connectivity index is 1.63. The number of hydrogen-bond acceptors (Lipinski definition) is 6. The molecule has 0 saturated carbocycles. The van der Waals surface area contributed by atoms with Gasteiger partial charge in [0.25, 0.3) is 0 Å². The van der Waals surface area contributed by atoms with Crippen molar-refractivity contribution < 1.29 is 22.0 Å². The highest BCUT2D eigenvalue weighted by Gasteiger charge is 2.39. The molecule has 0 atom stereocenters. The lowest BCUT2D eigenvalue weighted by atomic mass is 10.1. The van der Waals surface area contributed by atoms with Crippen molar-refractivity contribution in [3.8, 4) is 22.6 Å². The molecule has 0 unspecified atom stereocenters. The quantitative estimate of drug-likeness (QED) is 0.257. The second kappa shape index (κ2) is 8.76. The summed E-state index contributed by atoms with van der Waals surface area (Å²) in [6.45, 7) is 1.47. The molecule has 37 heavy (non-hydrogen) atoms. The Morgan fingerprint density at radius 1 is 1.08 bits per heavy atom. The lowest BCUT2D eigenvalue weighted by Gasteiger charge is -2.09. The minimum atomic E-state index is -4.72. The summed E-state index contributed by atoms with van der Waals surface area (Å²) in [4.78, 5) is 12.9. The van der Waals surface area contributed by atoms with Crippen molar-refractivity contribution in [2.24, 2.45) is 7.05 Å². The van der Waals surface area contributed by atoms with Crippen molar-refractivity contribution in [2.75, 3.05) is 5.73 Å². The van der Waals surface area contributed by atoms with Gasteiger partial charge in [-0.25, -0.2) is 28.2 Å². The van der Waals surface area contributed by atoms with E-state index in [1.165, 1.54) is 30.9 Å². The maximum Gasteiger partial charge on any atom is 0.435 e. The molecule has 5 aromatic rings. The van der Waals surface area contributed by atoms with E-state index in [2.05, 4.69) is 25.1 Å². The molecule has 4 aromatic heterocycles. The number of nitrogens with zero attached hydrogens (tertiary/aromatic N) is 7. The number of hydrogen-bond donors (Lipinski definition) is 1. The normalized spacial score (nSPS) is 12.0. The van der Waals surface area contributed by atoms with E-state index in [9.17, 15) is 22.0 Å². The highest BCUT2D eigenvalue weighted by Crippen LogP contribution is 2.40. The number of rotatable bonds is 4. The molecule has 2 N–H and O–H groups in total. The Bertz CT molecular complexity index is 1670. The number of benzene rings is 1. The van der Waals surface area contributed by atoms with Gasteiger partial charge < -0.3 is 5.73 Å². The minimum absolute atomic E-state index is 0.00101. The molecule has 0 amide bonds. The first-order valence-electron chi connectivity index (χ1n) is 10.7. The Morgan fingerprint density at radius 2 is 1.81 bits per heavy atom. The monoisotopic (exact) mass is 534 g/mol. The van der Waals surface area contributed by atoms with Crippen LogP contribution in [0.4, 0.5) is 27.8 Å². The number of imidazole rings is 1. The Kier molecular flexibility index (Phi) is 5.82. The number of nitrogen functional groups attached to an aromatic ring is 1. The fraction of sp³-hybridized carbons (Fsp3) is 0.174. The zero-order valence-electron chi connectivity index (χ0n) is 19.1. The Hall–Kier alpha value is -4.13. The SMILES string of the molecule is Cc1c(-c2cnc(-c3nc(Cc4c(F)ccc(F)c4Cl)n4ncccc34)nc2N)c(C(F)(F)F)nn1C. The summed E-state index contributed by atoms with van der Waals surface area (Å²) >= 11 is 5.98. The second-order valence-corrected chi connectivity index (χ2v) is 8.50. The molecule has 0 aliphatic heterocycles. The molecule has 0 fully saturated rings. The van der Waals surface area contributed by atoms with Crippen LogP contribution in [-0.4, -0.2) is 34.3 Å². The molecule has 0 spiro atoms. The van der Waals surface area contributed by atoms with Gasteiger partial charge in [0.05, 0.1) is 10.5 Å². The van der Waals surface area contributed by atoms with Crippen LogP contribution in [-0.2, 0) is 19.6 Å². The molecule has 1 aromatic carbocycles. The van der Waals surface area contributed by atoms with Crippen LogP contribution in [0.1, 0.15) is 22.8 Å². The molecule has 0 saturated heterocycles. The van der Waals surface area contributed by atoms with Gasteiger partial charge in [-0.2, -0.15) is 23.4 Å². The maximum absolute atomic E-state index is 14.4. The number of alkyl halides is 3. The van der Waals surface area contributed by atoms with Gasteiger partial charge in [-0.1, -0.05) is 11.6 Å². The van der Waals surface area contributed by atoms with Gasteiger partial charge in [-0.15, -0.1) is 0 Å². The van der Waals surface area contributed by atoms with Crippen LogP contribution >= 0.6 is 11.6 Å². The summed E-state index contributed by atoms with van der Waals surface area (Å²) < 4.78 is 71.7. The predicted octanol–water partition coefficient (Wildman–Crippen LogP) is 5.02. The highest BCUT2D eigenvalue weighted by atomic mass is 35.5. The Labute approximate surface area is 210 Å². The van der Waals surface area contributed by atoms with Crippen LogP contribution in [0.5, 0.6) is 0 Å². The van der Waals surface area contributed by atoms with E-state index >= 15 is 0 Å². The number of anilines is 1. The van der Waals surface area contributed by atoms with Gasteiger partial charge in [-0.05, 0) is 31.2 Å². The lowest BCUT2D eigenvalue weighted by Crippen LogP contribution is -2.09. The lowest BCUT2D eigenvalue weighted by molar-refractivity contribution is -0.140. The van der Waals surface area contributed by atoms with Crippen molar-refractivity contribution in [3.05, 3.63) is 76.1 Å². The molecule has 8 nitrogen and oxygen atoms in total. The molecule has 0 aliphatic carbocycles. The van der Waals surface area contributed by atoms with E-state index < -0.39 is 23.5 Å². The van der Waals surface area contributed by atoms with Crippen molar-refractivity contribution >= 4 is 22.9 Å². The second-order valence-electron chi connectivity index (χ2n) is 8.12. The van der Waals surface area contributed by atoms with Gasteiger partial charge in [0, 0.05) is 48.2 Å². The minimum Gasteiger partial charge on any atom is -0.383 e. The number of halogens is 6. The third kappa shape index (κ3) is 4.14. The molecule has 0 bridgehead atoms. The largest absolute Gasteiger partial charge is 0.435 e. The topological polar surface area (TPSA) is 99.8 Å². The third-order valence-corrected chi connectivity index (χ3v) is 6.26. The number of nitrogens with two attached hydrogens (primary N) is 1. The summed E-state index contributed by atoms with van der Waals surface area (Å²) in [5.41, 5.74) is 5.42. The standard InChI is InChI=1S/C23H16ClF5N8/c1-10-17(20(23(27,28)29)35-36(10)2)12-9-31-22(34-21(12)30)19-15-4-3-7-32-37(15)16(33-19)8-11-13(25)5-6-14(26)18(11)24/h3-7,9H,8H2,1-2H3,(H2,30,31,34). The molecule has 5 rings (SSSR count). The molecular formula is C23H16ClF5N8. The highest BCUT2D eigenvalue weighted by molar-refractivity contribution is 6.31. The molecule has 190 valence electrons. The molecule has 14 heteroatoms. The zero-order valence-corrected chi connectivity index (χ0v) is 19.9. The van der Waals surface area contributed by atoms with Gasteiger partial charge in [0.2, 0.25) is 0 Å². The third-order valence-electron chi connectivity index (χ3n) is 5.85. The van der Waals surface area contributed by atoms with Crippen LogP contribution in [0.15, 0.2) is 36.7 Å². The summed E-state index contributed by atoms with van der Waals surface area (Å²) in [5.74, 6) is -1.54. The molecule has 4 heterocycles. The fourth-order valence-electron chi connectivity index (χ4n) is 3.99. The summed E-state index contributed by atoms with van der Waals surface area (Å²) in [6.07, 6.45) is -2.30. The molecule has 0 aliphatic rings. The van der Waals surface area contributed by atoms with Gasteiger partial charge in [0.1, 0.15) is 29.0 Å². The van der Waals surface area contributed by atoms with Gasteiger partial charge >= 0.3 is 6.18 Å². The first kappa shape index (κ1) is 24.6. The summed E-state index contributed by atoms with van der Waals surface area (Å²) in [6, 6.07) is 5.13. The van der Waals surface area contributed by atoms with E-state index in [0.717, 1.165) is 16.8 Å². The predicted molar refractivity (Wildman–Crippen MR) is 125 cm³/mol. The Morgan fingerprint density at radius 3 is 2.51 bits per heavy atom. The van der Waals surface area contributed by atoms with E-state index in [0.29, 0.717) is 5.52 Å². The van der Waals surface area contributed by atoms with Crippen molar-refractivity contribution in [1.29, 1.82) is 0 Å². The summed E-state index contributed by atoms with van der Waals surface area (Å²) in [5, 5.41) is 7.41. The van der Waals surface area contributed by atoms with Crippen molar-refractivity contribution in [3.63, 3.8) is 0 Å². The van der Waals surface area contributed by atoms with Crippen LogP contribution in [0.2, 0.25) is 5.02 Å².